The van der Waals surface area contributed by atoms with Crippen molar-refractivity contribution in [3.8, 4) is 0 Å². The van der Waals surface area contributed by atoms with E-state index >= 15 is 0 Å². The standard InChI is InChI=1S/C14H18N2O3S2/c1-3-21(19)8-7-16-13-10(2)5-4-6-11(13)15-14(16)20-9-12(17)18/h4-6H,3,7-9H2,1-2H3,(H,17,18). The van der Waals surface area contributed by atoms with Crippen LogP contribution in [0.2, 0.25) is 0 Å². The highest BCUT2D eigenvalue weighted by Gasteiger charge is 2.14. The normalized spacial score (nSPS) is 12.7. The van der Waals surface area contributed by atoms with Crippen molar-refractivity contribution < 1.29 is 14.1 Å². The molecule has 1 unspecified atom stereocenters. The number of hydrogen-bond acceptors (Lipinski definition) is 4. The Morgan fingerprint density at radius 1 is 1.48 bits per heavy atom. The van der Waals surface area contributed by atoms with Crippen molar-refractivity contribution in [2.75, 3.05) is 17.3 Å². The summed E-state index contributed by atoms with van der Waals surface area (Å²) in [5.41, 5.74) is 2.94. The van der Waals surface area contributed by atoms with Gasteiger partial charge in [-0.05, 0) is 18.6 Å². The topological polar surface area (TPSA) is 72.2 Å². The zero-order chi connectivity index (χ0) is 15.4. The fraction of sp³-hybridized carbons (Fsp3) is 0.429. The molecule has 1 aromatic heterocycles. The van der Waals surface area contributed by atoms with Crippen LogP contribution < -0.4 is 0 Å². The molecule has 1 heterocycles. The highest BCUT2D eigenvalue weighted by Crippen LogP contribution is 2.26. The number of aliphatic carboxylic acids is 1. The second kappa shape index (κ2) is 7.09. The van der Waals surface area contributed by atoms with Crippen LogP contribution in [0.25, 0.3) is 11.0 Å². The molecular weight excluding hydrogens is 308 g/mol. The molecule has 0 aliphatic carbocycles. The summed E-state index contributed by atoms with van der Waals surface area (Å²) in [6, 6.07) is 5.86. The first-order chi connectivity index (χ1) is 10.0. The third-order valence-corrected chi connectivity index (χ3v) is 5.37. The number of carboxylic acids is 1. The Morgan fingerprint density at radius 3 is 2.90 bits per heavy atom. The molecule has 0 bridgehead atoms. The number of imidazole rings is 1. The molecule has 1 N–H and O–H groups in total. The van der Waals surface area contributed by atoms with Crippen molar-refractivity contribution in [3.63, 3.8) is 0 Å². The molecule has 0 fully saturated rings. The van der Waals surface area contributed by atoms with Gasteiger partial charge in [0.05, 0.1) is 16.8 Å². The van der Waals surface area contributed by atoms with Crippen molar-refractivity contribution >= 4 is 39.6 Å². The van der Waals surface area contributed by atoms with E-state index in [0.29, 0.717) is 23.2 Å². The maximum atomic E-state index is 11.7. The maximum Gasteiger partial charge on any atom is 0.313 e. The number of aromatic nitrogens is 2. The lowest BCUT2D eigenvalue weighted by atomic mass is 10.2. The van der Waals surface area contributed by atoms with Crippen LogP contribution in [-0.2, 0) is 22.1 Å². The summed E-state index contributed by atoms with van der Waals surface area (Å²) in [4.78, 5) is 15.3. The third-order valence-electron chi connectivity index (χ3n) is 3.12. The molecule has 2 rings (SSSR count). The summed E-state index contributed by atoms with van der Waals surface area (Å²) in [6.07, 6.45) is 0. The lowest BCUT2D eigenvalue weighted by Crippen LogP contribution is -2.11. The van der Waals surface area contributed by atoms with E-state index in [4.69, 9.17) is 5.11 Å². The predicted molar refractivity (Wildman–Crippen MR) is 86.4 cm³/mol. The molecule has 7 heteroatoms. The van der Waals surface area contributed by atoms with Crippen molar-refractivity contribution in [1.29, 1.82) is 0 Å². The van der Waals surface area contributed by atoms with Crippen LogP contribution in [0.4, 0.5) is 0 Å². The van der Waals surface area contributed by atoms with Gasteiger partial charge in [0.1, 0.15) is 0 Å². The van der Waals surface area contributed by atoms with Crippen LogP contribution >= 0.6 is 11.8 Å². The summed E-state index contributed by atoms with van der Waals surface area (Å²) in [5.74, 6) is 0.284. The number of nitrogens with zero attached hydrogens (tertiary/aromatic N) is 2. The molecule has 0 saturated carbocycles. The van der Waals surface area contributed by atoms with Gasteiger partial charge < -0.3 is 9.67 Å². The summed E-state index contributed by atoms with van der Waals surface area (Å²) in [5, 5.41) is 9.52. The molecule has 1 aromatic carbocycles. The number of carbonyl (C=O) groups is 1. The van der Waals surface area contributed by atoms with Crippen molar-refractivity contribution in [3.05, 3.63) is 23.8 Å². The molecule has 114 valence electrons. The molecule has 5 nitrogen and oxygen atoms in total. The van der Waals surface area contributed by atoms with Gasteiger partial charge in [0, 0.05) is 28.9 Å². The molecule has 0 radical (unpaired) electrons. The van der Waals surface area contributed by atoms with Crippen molar-refractivity contribution in [2.45, 2.75) is 25.5 Å². The van der Waals surface area contributed by atoms with Gasteiger partial charge in [-0.2, -0.15) is 0 Å². The van der Waals surface area contributed by atoms with Gasteiger partial charge in [-0.15, -0.1) is 0 Å². The largest absolute Gasteiger partial charge is 0.481 e. The SMILES string of the molecule is CCS(=O)CCn1c(SCC(=O)O)nc2cccc(C)c21. The van der Waals surface area contributed by atoms with Gasteiger partial charge >= 0.3 is 5.97 Å². The van der Waals surface area contributed by atoms with E-state index in [2.05, 4.69) is 4.98 Å². The molecule has 0 saturated heterocycles. The average Bonchev–Trinajstić information content (AvgIpc) is 2.81. The average molecular weight is 326 g/mol. The molecule has 1 atom stereocenters. The van der Waals surface area contributed by atoms with E-state index < -0.39 is 16.8 Å². The zero-order valence-electron chi connectivity index (χ0n) is 12.0. The molecule has 0 aliphatic heterocycles. The number of fused-ring (bicyclic) bond motifs is 1. The first kappa shape index (κ1) is 16.0. The van der Waals surface area contributed by atoms with Crippen LogP contribution in [-0.4, -0.2) is 42.1 Å². The van der Waals surface area contributed by atoms with Crippen LogP contribution in [0, 0.1) is 6.92 Å². The fourth-order valence-corrected chi connectivity index (χ4v) is 3.55. The number of hydrogen-bond donors (Lipinski definition) is 1. The number of para-hydroxylation sites is 1. The summed E-state index contributed by atoms with van der Waals surface area (Å²) >= 11 is 1.20. The summed E-state index contributed by atoms with van der Waals surface area (Å²) < 4.78 is 13.7. The first-order valence-corrected chi connectivity index (χ1v) is 9.15. The minimum absolute atomic E-state index is 0.0285. The number of rotatable bonds is 7. The minimum atomic E-state index is -0.868. The molecule has 0 spiro atoms. The molecular formula is C14H18N2O3S2. The van der Waals surface area contributed by atoms with E-state index in [1.165, 1.54) is 11.8 Å². The Balaban J connectivity index is 2.38. The second-order valence-electron chi connectivity index (χ2n) is 4.60. The lowest BCUT2D eigenvalue weighted by Gasteiger charge is -2.09. The van der Waals surface area contributed by atoms with E-state index in [1.807, 2.05) is 36.6 Å². The lowest BCUT2D eigenvalue weighted by molar-refractivity contribution is -0.133. The van der Waals surface area contributed by atoms with Crippen LogP contribution in [0.3, 0.4) is 0 Å². The second-order valence-corrected chi connectivity index (χ2v) is 7.41. The number of aryl methyl sites for hydroxylation is 2. The van der Waals surface area contributed by atoms with Crippen LogP contribution in [0.15, 0.2) is 23.4 Å². The number of carboxylic acid groups (broad SMARTS) is 1. The van der Waals surface area contributed by atoms with Crippen LogP contribution in [0.1, 0.15) is 12.5 Å². The molecule has 2 aromatic rings. The summed E-state index contributed by atoms with van der Waals surface area (Å²) in [6.45, 7) is 4.49. The van der Waals surface area contributed by atoms with E-state index in [1.54, 1.807) is 0 Å². The number of thioether (sulfide) groups is 1. The Morgan fingerprint density at radius 2 is 2.24 bits per heavy atom. The zero-order valence-corrected chi connectivity index (χ0v) is 13.7. The van der Waals surface area contributed by atoms with Gasteiger partial charge in [0.25, 0.3) is 0 Å². The Hall–Kier alpha value is -1.34. The molecule has 0 amide bonds. The smallest absolute Gasteiger partial charge is 0.313 e. The Labute approximate surface area is 130 Å². The third kappa shape index (κ3) is 3.85. The monoisotopic (exact) mass is 326 g/mol. The maximum absolute atomic E-state index is 11.7. The highest BCUT2D eigenvalue weighted by molar-refractivity contribution is 7.99. The van der Waals surface area contributed by atoms with Gasteiger partial charge in [-0.3, -0.25) is 9.00 Å². The Kier molecular flexibility index (Phi) is 5.41. The number of benzene rings is 1. The fourth-order valence-electron chi connectivity index (χ4n) is 2.13. The van der Waals surface area contributed by atoms with E-state index in [-0.39, 0.29) is 5.75 Å². The van der Waals surface area contributed by atoms with Crippen molar-refractivity contribution in [2.24, 2.45) is 0 Å². The predicted octanol–water partition coefficient (Wildman–Crippen LogP) is 2.29. The summed E-state index contributed by atoms with van der Waals surface area (Å²) in [7, 11) is -0.856. The molecule has 0 aliphatic rings. The quantitative estimate of drug-likeness (QED) is 0.790. The van der Waals surface area contributed by atoms with E-state index in [9.17, 15) is 9.00 Å². The van der Waals surface area contributed by atoms with Gasteiger partial charge in [0.2, 0.25) is 0 Å². The Bertz CT molecular complexity index is 682. The first-order valence-electron chi connectivity index (χ1n) is 6.68. The minimum Gasteiger partial charge on any atom is -0.481 e. The van der Waals surface area contributed by atoms with Gasteiger partial charge in [-0.25, -0.2) is 4.98 Å². The molecule has 21 heavy (non-hydrogen) atoms. The van der Waals surface area contributed by atoms with Crippen LogP contribution in [0.5, 0.6) is 0 Å². The van der Waals surface area contributed by atoms with Crippen molar-refractivity contribution in [1.82, 2.24) is 9.55 Å². The van der Waals surface area contributed by atoms with Gasteiger partial charge in [-0.1, -0.05) is 30.8 Å². The van der Waals surface area contributed by atoms with E-state index in [0.717, 1.165) is 16.6 Å². The van der Waals surface area contributed by atoms with Gasteiger partial charge in [0.15, 0.2) is 5.16 Å². The highest BCUT2D eigenvalue weighted by atomic mass is 32.2.